The van der Waals surface area contributed by atoms with Crippen LogP contribution >= 0.6 is 12.6 Å². The van der Waals surface area contributed by atoms with E-state index in [9.17, 15) is 0 Å². The third-order valence-electron chi connectivity index (χ3n) is 1.88. The van der Waals surface area contributed by atoms with Crippen molar-refractivity contribution in [2.24, 2.45) is 0 Å². The number of benzene rings is 1. The van der Waals surface area contributed by atoms with E-state index in [-0.39, 0.29) is 0 Å². The van der Waals surface area contributed by atoms with Crippen molar-refractivity contribution in [1.29, 1.82) is 0 Å². The second-order valence-electron chi connectivity index (χ2n) is 3.10. The zero-order valence-electron chi connectivity index (χ0n) is 8.27. The third-order valence-corrected chi connectivity index (χ3v) is 2.03. The number of hydrogen-bond donors (Lipinski definition) is 1. The summed E-state index contributed by atoms with van der Waals surface area (Å²) in [6, 6.07) is 10.1. The first-order valence-corrected chi connectivity index (χ1v) is 4.99. The van der Waals surface area contributed by atoms with Crippen molar-refractivity contribution in [1.82, 2.24) is 0 Å². The highest BCUT2D eigenvalue weighted by atomic mass is 32.1. The van der Waals surface area contributed by atoms with Crippen LogP contribution in [0.4, 0.5) is 0 Å². The van der Waals surface area contributed by atoms with Gasteiger partial charge in [-0.25, -0.2) is 0 Å². The van der Waals surface area contributed by atoms with Crippen molar-refractivity contribution >= 4 is 18.2 Å². The zero-order valence-corrected chi connectivity index (χ0v) is 9.17. The van der Waals surface area contributed by atoms with Crippen molar-refractivity contribution in [3.05, 3.63) is 65.6 Å². The molecule has 0 heterocycles. The van der Waals surface area contributed by atoms with Gasteiger partial charge in [0.15, 0.2) is 0 Å². The van der Waals surface area contributed by atoms with E-state index in [0.717, 1.165) is 16.7 Å². The first-order valence-electron chi connectivity index (χ1n) is 4.47. The van der Waals surface area contributed by atoms with Gasteiger partial charge in [0.2, 0.25) is 0 Å². The van der Waals surface area contributed by atoms with Crippen molar-refractivity contribution in [2.75, 3.05) is 0 Å². The van der Waals surface area contributed by atoms with Gasteiger partial charge in [-0.1, -0.05) is 54.6 Å². The minimum absolute atomic E-state index is 1.02. The fourth-order valence-electron chi connectivity index (χ4n) is 1.18. The second-order valence-corrected chi connectivity index (χ2v) is 3.39. The first-order chi connectivity index (χ1) is 6.74. The lowest BCUT2D eigenvalue weighted by molar-refractivity contribution is 1.52. The molecule has 0 atom stereocenters. The first kappa shape index (κ1) is 10.9. The summed E-state index contributed by atoms with van der Waals surface area (Å²) in [6.07, 6.45) is 3.99. The Hall–Kier alpha value is -1.21. The van der Waals surface area contributed by atoms with E-state index in [0.29, 0.717) is 0 Å². The Kier molecular flexibility index (Phi) is 4.27. The number of allylic oxidation sites excluding steroid dienone is 4. The summed E-state index contributed by atoms with van der Waals surface area (Å²) in [5.41, 5.74) is 3.32. The van der Waals surface area contributed by atoms with E-state index in [2.05, 4.69) is 31.3 Å². The maximum absolute atomic E-state index is 4.02. The van der Waals surface area contributed by atoms with Crippen LogP contribution in [0.2, 0.25) is 0 Å². The number of hydrogen-bond acceptors (Lipinski definition) is 1. The number of rotatable bonds is 3. The third kappa shape index (κ3) is 3.27. The molecule has 0 aliphatic rings. The summed E-state index contributed by atoms with van der Waals surface area (Å²) < 4.78 is 0. The summed E-state index contributed by atoms with van der Waals surface area (Å²) in [5, 5.41) is 1.73. The summed E-state index contributed by atoms with van der Waals surface area (Å²) in [6.45, 7) is 6.04. The van der Waals surface area contributed by atoms with Crippen LogP contribution in [-0.4, -0.2) is 0 Å². The quantitative estimate of drug-likeness (QED) is 0.554. The van der Waals surface area contributed by atoms with Gasteiger partial charge in [-0.3, -0.25) is 0 Å². The molecule has 0 spiro atoms. The summed E-state index contributed by atoms with van der Waals surface area (Å²) >= 11 is 4.02. The van der Waals surface area contributed by atoms with Gasteiger partial charge in [-0.15, -0.1) is 0 Å². The van der Waals surface area contributed by atoms with E-state index in [4.69, 9.17) is 0 Å². The van der Waals surface area contributed by atoms with Crippen LogP contribution in [-0.2, 0) is 0 Å². The molecule has 1 aromatic carbocycles. The molecule has 0 aromatic heterocycles. The van der Waals surface area contributed by atoms with Crippen LogP contribution < -0.4 is 0 Å². The maximum Gasteiger partial charge on any atom is -0.0190 e. The Morgan fingerprint density at radius 2 is 1.93 bits per heavy atom. The molecule has 72 valence electrons. The average Bonchev–Trinajstić information content (AvgIpc) is 2.19. The molecule has 0 saturated carbocycles. The minimum Gasteiger partial charge on any atom is -0.151 e. The van der Waals surface area contributed by atoms with Gasteiger partial charge >= 0.3 is 0 Å². The van der Waals surface area contributed by atoms with Crippen molar-refractivity contribution < 1.29 is 0 Å². The van der Waals surface area contributed by atoms with Crippen LogP contribution in [0.5, 0.6) is 0 Å². The molecule has 0 unspecified atom stereocenters. The lowest BCUT2D eigenvalue weighted by atomic mass is 10.1. The van der Waals surface area contributed by atoms with Gasteiger partial charge in [0.1, 0.15) is 0 Å². The van der Waals surface area contributed by atoms with Gasteiger partial charge in [-0.2, -0.15) is 12.6 Å². The van der Waals surface area contributed by atoms with E-state index in [1.807, 2.05) is 37.3 Å². The smallest absolute Gasteiger partial charge is 0.0190 e. The number of thiol groups is 1. The molecule has 0 aliphatic carbocycles. The fourth-order valence-corrected chi connectivity index (χ4v) is 1.41. The Balaban J connectivity index is 2.83. The normalized spacial score (nSPS) is 12.0. The Morgan fingerprint density at radius 1 is 1.29 bits per heavy atom. The largest absolute Gasteiger partial charge is 0.151 e. The SMILES string of the molecule is C=C(/C=C(C)\C=C/S)c1ccccc1. The molecule has 0 saturated heterocycles. The van der Waals surface area contributed by atoms with Gasteiger partial charge < -0.3 is 0 Å². The van der Waals surface area contributed by atoms with Crippen molar-refractivity contribution in [3.8, 4) is 0 Å². The van der Waals surface area contributed by atoms with E-state index < -0.39 is 0 Å². The highest BCUT2D eigenvalue weighted by Crippen LogP contribution is 2.15. The van der Waals surface area contributed by atoms with Crippen LogP contribution in [0.3, 0.4) is 0 Å². The molecular weight excluding hydrogens is 188 g/mol. The predicted molar refractivity (Wildman–Crippen MR) is 67.4 cm³/mol. The standard InChI is InChI=1S/C13H14S/c1-11(8-9-14)10-12(2)13-6-4-3-5-7-13/h3-10,14H,2H2,1H3/b9-8-,11-10-. The van der Waals surface area contributed by atoms with E-state index in [1.54, 1.807) is 5.41 Å². The molecule has 14 heavy (non-hydrogen) atoms. The molecule has 1 aromatic rings. The average molecular weight is 202 g/mol. The van der Waals surface area contributed by atoms with Crippen LogP contribution in [0, 0.1) is 0 Å². The monoisotopic (exact) mass is 202 g/mol. The summed E-state index contributed by atoms with van der Waals surface area (Å²) in [7, 11) is 0. The van der Waals surface area contributed by atoms with Crippen molar-refractivity contribution in [2.45, 2.75) is 6.92 Å². The van der Waals surface area contributed by atoms with Crippen molar-refractivity contribution in [3.63, 3.8) is 0 Å². The Bertz CT molecular complexity index is 358. The molecule has 0 radical (unpaired) electrons. The fraction of sp³-hybridized carbons (Fsp3) is 0.0769. The zero-order chi connectivity index (χ0) is 10.4. The highest BCUT2D eigenvalue weighted by Gasteiger charge is 1.93. The Labute approximate surface area is 91.1 Å². The highest BCUT2D eigenvalue weighted by molar-refractivity contribution is 7.83. The van der Waals surface area contributed by atoms with Gasteiger partial charge in [0.25, 0.3) is 0 Å². The molecule has 1 rings (SSSR count). The topological polar surface area (TPSA) is 0 Å². The van der Waals surface area contributed by atoms with Crippen LogP contribution in [0.25, 0.3) is 5.57 Å². The molecule has 0 N–H and O–H groups in total. The molecule has 1 heteroatoms. The molecular formula is C13H14S. The molecule has 0 nitrogen and oxygen atoms in total. The van der Waals surface area contributed by atoms with Gasteiger partial charge in [0, 0.05) is 0 Å². The molecule has 0 aliphatic heterocycles. The van der Waals surface area contributed by atoms with Gasteiger partial charge in [-0.05, 0) is 23.5 Å². The molecule has 0 amide bonds. The van der Waals surface area contributed by atoms with Crippen LogP contribution in [0.1, 0.15) is 12.5 Å². The van der Waals surface area contributed by atoms with Gasteiger partial charge in [0.05, 0.1) is 0 Å². The van der Waals surface area contributed by atoms with E-state index >= 15 is 0 Å². The summed E-state index contributed by atoms with van der Waals surface area (Å²) in [5.74, 6) is 0. The van der Waals surface area contributed by atoms with Crippen LogP contribution in [0.15, 0.2) is 60.0 Å². The maximum atomic E-state index is 4.02. The Morgan fingerprint density at radius 3 is 2.50 bits per heavy atom. The second kappa shape index (κ2) is 5.51. The lowest BCUT2D eigenvalue weighted by Gasteiger charge is -2.00. The lowest BCUT2D eigenvalue weighted by Crippen LogP contribution is -1.78. The van der Waals surface area contributed by atoms with E-state index in [1.165, 1.54) is 0 Å². The molecule has 0 fully saturated rings. The summed E-state index contributed by atoms with van der Waals surface area (Å²) in [4.78, 5) is 0. The predicted octanol–water partition coefficient (Wildman–Crippen LogP) is 4.09. The minimum atomic E-state index is 1.02. The molecule has 0 bridgehead atoms.